The van der Waals surface area contributed by atoms with Gasteiger partial charge in [-0.3, -0.25) is 0 Å². The smallest absolute Gasteiger partial charge is 0.383 e. The maximum atomic E-state index is 12.2. The summed E-state index contributed by atoms with van der Waals surface area (Å²) in [6.07, 6.45) is -5.61. The van der Waals surface area contributed by atoms with Crippen molar-refractivity contribution in [3.8, 4) is 0 Å². The highest BCUT2D eigenvalue weighted by Gasteiger charge is 2.38. The van der Waals surface area contributed by atoms with E-state index in [1.54, 1.807) is 0 Å². The van der Waals surface area contributed by atoms with Crippen molar-refractivity contribution in [2.75, 3.05) is 5.75 Å². The molecule has 98 valence electrons. The number of halogens is 3. The van der Waals surface area contributed by atoms with Crippen molar-refractivity contribution in [2.24, 2.45) is 0 Å². The molecule has 2 aromatic rings. The van der Waals surface area contributed by atoms with E-state index in [0.29, 0.717) is 5.03 Å². The third-order valence-corrected chi connectivity index (χ3v) is 4.54. The first-order valence-corrected chi connectivity index (χ1v) is 6.82. The van der Waals surface area contributed by atoms with E-state index in [9.17, 15) is 13.2 Å². The van der Waals surface area contributed by atoms with E-state index in [4.69, 9.17) is 5.11 Å². The number of fused-ring (bicyclic) bond motifs is 1. The highest BCUT2D eigenvalue weighted by atomic mass is 32.2. The zero-order chi connectivity index (χ0) is 13.3. The molecule has 0 aliphatic heterocycles. The van der Waals surface area contributed by atoms with E-state index in [1.165, 1.54) is 17.7 Å². The fourth-order valence-corrected chi connectivity index (χ4v) is 3.36. The summed E-state index contributed by atoms with van der Waals surface area (Å²) in [7, 11) is 0. The van der Waals surface area contributed by atoms with Gasteiger partial charge in [0.05, 0.1) is 10.2 Å². The topological polar surface area (TPSA) is 46.0 Å². The van der Waals surface area contributed by atoms with Crippen LogP contribution in [-0.4, -0.2) is 33.1 Å². The molecule has 0 amide bonds. The van der Waals surface area contributed by atoms with Gasteiger partial charge in [-0.15, -0.1) is 23.1 Å². The molecule has 8 heteroatoms. The van der Waals surface area contributed by atoms with Gasteiger partial charge < -0.3 is 5.11 Å². The van der Waals surface area contributed by atoms with Gasteiger partial charge in [-0.05, 0) is 17.9 Å². The predicted molar refractivity (Wildman–Crippen MR) is 64.9 cm³/mol. The summed E-state index contributed by atoms with van der Waals surface area (Å²) in [5, 5.41) is 11.3. The molecule has 0 fully saturated rings. The van der Waals surface area contributed by atoms with Gasteiger partial charge in [0.25, 0.3) is 0 Å². The van der Waals surface area contributed by atoms with Gasteiger partial charge in [0.2, 0.25) is 0 Å². The maximum absolute atomic E-state index is 12.2. The lowest BCUT2D eigenvalue weighted by Gasteiger charge is -2.13. The van der Waals surface area contributed by atoms with Crippen LogP contribution in [0.3, 0.4) is 0 Å². The second-order valence-electron chi connectivity index (χ2n) is 3.64. The maximum Gasteiger partial charge on any atom is 0.415 e. The average molecular weight is 294 g/mol. The summed E-state index contributed by atoms with van der Waals surface area (Å²) in [4.78, 5) is 8.04. The molecule has 0 saturated carbocycles. The normalized spacial score (nSPS) is 14.1. The number of aliphatic hydroxyl groups excluding tert-OH is 1. The van der Waals surface area contributed by atoms with E-state index in [0.717, 1.165) is 27.5 Å². The van der Waals surface area contributed by atoms with Crippen molar-refractivity contribution in [2.45, 2.75) is 24.2 Å². The Morgan fingerprint density at radius 2 is 2.17 bits per heavy atom. The van der Waals surface area contributed by atoms with Crippen molar-refractivity contribution in [3.05, 3.63) is 17.3 Å². The lowest BCUT2D eigenvalue weighted by molar-refractivity contribution is -0.195. The van der Waals surface area contributed by atoms with Crippen molar-refractivity contribution < 1.29 is 18.3 Å². The van der Waals surface area contributed by atoms with E-state index in [1.807, 2.05) is 12.3 Å². The Morgan fingerprint density at radius 1 is 1.44 bits per heavy atom. The minimum atomic E-state index is -4.59. The molecule has 0 aliphatic carbocycles. The zero-order valence-electron chi connectivity index (χ0n) is 9.23. The van der Waals surface area contributed by atoms with Crippen molar-refractivity contribution in [3.63, 3.8) is 0 Å². The Labute approximate surface area is 109 Å². The van der Waals surface area contributed by atoms with Crippen LogP contribution in [0.15, 0.2) is 16.7 Å². The number of aliphatic hydroxyl groups is 1. The number of aryl methyl sites for hydroxylation is 1. The molecule has 0 aliphatic rings. The van der Waals surface area contributed by atoms with Gasteiger partial charge in [-0.1, -0.05) is 0 Å². The molecule has 0 radical (unpaired) electrons. The standard InChI is InChI=1S/C10H9F3N2OS2/c1-5-2-17-8-7(5)14-4-15-9(8)18-3-6(16)10(11,12)13/h2,4,6,16H,3H2,1H3. The fraction of sp³-hybridized carbons (Fsp3) is 0.400. The Balaban J connectivity index is 2.18. The summed E-state index contributed by atoms with van der Waals surface area (Å²) in [5.74, 6) is -0.466. The molecule has 2 rings (SSSR count). The number of hydrogen-bond acceptors (Lipinski definition) is 5. The van der Waals surface area contributed by atoms with E-state index in [-0.39, 0.29) is 0 Å². The second kappa shape index (κ2) is 5.02. The highest BCUT2D eigenvalue weighted by molar-refractivity contribution is 7.99. The minimum absolute atomic E-state index is 0.466. The van der Waals surface area contributed by atoms with Gasteiger partial charge in [0, 0.05) is 5.75 Å². The molecule has 2 aromatic heterocycles. The number of thioether (sulfide) groups is 1. The molecule has 3 nitrogen and oxygen atoms in total. The predicted octanol–water partition coefficient (Wildman–Crippen LogP) is 3.02. The number of hydrogen-bond donors (Lipinski definition) is 1. The number of thiophene rings is 1. The first-order valence-electron chi connectivity index (χ1n) is 4.96. The Bertz CT molecular complexity index is 556. The molecule has 1 atom stereocenters. The molecule has 1 N–H and O–H groups in total. The average Bonchev–Trinajstić information content (AvgIpc) is 2.67. The molecular formula is C10H9F3N2OS2. The largest absolute Gasteiger partial charge is 0.415 e. The summed E-state index contributed by atoms with van der Waals surface area (Å²) in [5.41, 5.74) is 1.72. The van der Waals surface area contributed by atoms with Crippen LogP contribution >= 0.6 is 23.1 Å². The van der Waals surface area contributed by atoms with Crippen LogP contribution in [0, 0.1) is 6.92 Å². The summed E-state index contributed by atoms with van der Waals surface area (Å²) in [6, 6.07) is 0. The van der Waals surface area contributed by atoms with Crippen molar-refractivity contribution in [1.82, 2.24) is 9.97 Å². The number of alkyl halides is 3. The van der Waals surface area contributed by atoms with Crippen LogP contribution in [-0.2, 0) is 0 Å². The molecule has 0 spiro atoms. The first-order chi connectivity index (χ1) is 8.39. The van der Waals surface area contributed by atoms with Gasteiger partial charge in [-0.25, -0.2) is 9.97 Å². The highest BCUT2D eigenvalue weighted by Crippen LogP contribution is 2.33. The van der Waals surface area contributed by atoms with E-state index >= 15 is 0 Å². The first kappa shape index (κ1) is 13.6. The van der Waals surface area contributed by atoms with Crippen molar-refractivity contribution in [1.29, 1.82) is 0 Å². The van der Waals surface area contributed by atoms with Crippen LogP contribution in [0.25, 0.3) is 10.2 Å². The van der Waals surface area contributed by atoms with Crippen LogP contribution in [0.4, 0.5) is 13.2 Å². The summed E-state index contributed by atoms with van der Waals surface area (Å²) >= 11 is 2.28. The SMILES string of the molecule is Cc1csc2c(SCC(O)C(F)(F)F)ncnc12. The Morgan fingerprint density at radius 3 is 2.83 bits per heavy atom. The number of rotatable bonds is 3. The van der Waals surface area contributed by atoms with E-state index < -0.39 is 18.0 Å². The molecule has 2 heterocycles. The van der Waals surface area contributed by atoms with Crippen molar-refractivity contribution >= 4 is 33.3 Å². The molecule has 18 heavy (non-hydrogen) atoms. The lowest BCUT2D eigenvalue weighted by atomic mass is 10.3. The van der Waals surface area contributed by atoms with Gasteiger partial charge in [-0.2, -0.15) is 13.2 Å². The second-order valence-corrected chi connectivity index (χ2v) is 5.53. The molecule has 0 bridgehead atoms. The van der Waals surface area contributed by atoms with E-state index in [2.05, 4.69) is 9.97 Å². The van der Waals surface area contributed by atoms with Crippen LogP contribution < -0.4 is 0 Å². The molecule has 0 saturated heterocycles. The van der Waals surface area contributed by atoms with Gasteiger partial charge >= 0.3 is 6.18 Å². The molecule has 1 unspecified atom stereocenters. The monoisotopic (exact) mass is 294 g/mol. The lowest BCUT2D eigenvalue weighted by Crippen LogP contribution is -2.30. The zero-order valence-corrected chi connectivity index (χ0v) is 10.9. The number of nitrogens with zero attached hydrogens (tertiary/aromatic N) is 2. The fourth-order valence-electron chi connectivity index (χ4n) is 1.30. The van der Waals surface area contributed by atoms with Gasteiger partial charge in [0.15, 0.2) is 6.10 Å². The summed E-state index contributed by atoms with van der Waals surface area (Å²) < 4.78 is 37.3. The number of aromatic nitrogens is 2. The summed E-state index contributed by atoms with van der Waals surface area (Å²) in [6.45, 7) is 1.88. The molecular weight excluding hydrogens is 285 g/mol. The third kappa shape index (κ3) is 2.76. The Kier molecular flexibility index (Phi) is 3.79. The quantitative estimate of drug-likeness (QED) is 0.698. The molecule has 0 aromatic carbocycles. The van der Waals surface area contributed by atoms with Crippen LogP contribution in [0.2, 0.25) is 0 Å². The van der Waals surface area contributed by atoms with Crippen LogP contribution in [0.5, 0.6) is 0 Å². The minimum Gasteiger partial charge on any atom is -0.383 e. The van der Waals surface area contributed by atoms with Gasteiger partial charge in [0.1, 0.15) is 11.4 Å². The Hall–Kier alpha value is -0.860. The van der Waals surface area contributed by atoms with Crippen LogP contribution in [0.1, 0.15) is 5.56 Å². The third-order valence-electron chi connectivity index (χ3n) is 2.25.